The first kappa shape index (κ1) is 18.6. The quantitative estimate of drug-likeness (QED) is 0.443. The number of benzene rings is 1. The molecule has 25 heavy (non-hydrogen) atoms. The minimum Gasteiger partial charge on any atom is -0.362 e. The average molecular weight is 359 g/mol. The average Bonchev–Trinajstić information content (AvgIpc) is 2.51. The summed E-state index contributed by atoms with van der Waals surface area (Å²) in [7, 11) is 0. The number of hydrogen-bond acceptors (Lipinski definition) is 4. The van der Waals surface area contributed by atoms with Crippen molar-refractivity contribution in [3.8, 4) is 0 Å². The Morgan fingerprint density at radius 3 is 2.32 bits per heavy atom. The van der Waals surface area contributed by atoms with Crippen molar-refractivity contribution >= 4 is 11.7 Å². The summed E-state index contributed by atoms with van der Waals surface area (Å²) in [6.45, 7) is 1.71. The Kier molecular flexibility index (Phi) is 5.19. The zero-order valence-electron chi connectivity index (χ0n) is 13.0. The third-order valence-electron chi connectivity index (χ3n) is 3.33. The molecule has 0 fully saturated rings. The summed E-state index contributed by atoms with van der Waals surface area (Å²) in [4.78, 5) is 0. The van der Waals surface area contributed by atoms with Gasteiger partial charge in [-0.1, -0.05) is 6.92 Å². The van der Waals surface area contributed by atoms with Crippen molar-refractivity contribution in [3.63, 3.8) is 0 Å². The first-order chi connectivity index (χ1) is 11.6. The minimum atomic E-state index is -4.97. The first-order valence-electron chi connectivity index (χ1n) is 7.15. The third kappa shape index (κ3) is 4.40. The van der Waals surface area contributed by atoms with Gasteiger partial charge in [-0.05, 0) is 36.2 Å². The van der Waals surface area contributed by atoms with E-state index in [0.29, 0.717) is 12.5 Å². The van der Waals surface area contributed by atoms with Gasteiger partial charge in [-0.3, -0.25) is 10.8 Å². The molecular weight excluding hydrogens is 345 g/mol. The van der Waals surface area contributed by atoms with E-state index in [9.17, 15) is 22.0 Å². The molecule has 0 aliphatic rings. The lowest BCUT2D eigenvalue weighted by molar-refractivity contribution is -0.0632. The van der Waals surface area contributed by atoms with Crippen LogP contribution in [0.1, 0.15) is 24.9 Å². The molecule has 0 spiro atoms. The Hall–Kier alpha value is -2.78. The molecule has 0 saturated heterocycles. The molecule has 5 nitrogen and oxygen atoms in total. The largest absolute Gasteiger partial charge is 0.451 e. The lowest BCUT2D eigenvalue weighted by Gasteiger charge is -2.19. The molecule has 0 bridgehead atoms. The summed E-state index contributed by atoms with van der Waals surface area (Å²) >= 11 is 0. The number of nitrogens with one attached hydrogen (secondary N) is 3. The molecule has 1 aromatic carbocycles. The maximum atomic E-state index is 13.4. The third-order valence-corrected chi connectivity index (χ3v) is 3.33. The Morgan fingerprint density at radius 1 is 1.20 bits per heavy atom. The van der Waals surface area contributed by atoms with Crippen molar-refractivity contribution in [2.75, 3.05) is 5.32 Å². The van der Waals surface area contributed by atoms with Gasteiger partial charge in [0, 0.05) is 6.07 Å². The maximum Gasteiger partial charge on any atom is 0.451 e. The smallest absolute Gasteiger partial charge is 0.362 e. The van der Waals surface area contributed by atoms with E-state index >= 15 is 0 Å². The molecule has 1 heterocycles. The van der Waals surface area contributed by atoms with Gasteiger partial charge in [0.05, 0.1) is 6.04 Å². The standard InChI is InChI=1S/C15H14F5N5/c1-2-11(8-5-9(16)7-10(17)6-8)23-13-4-3-12(21)25(24-13)14(22)15(18,19)20/h3-7,11,21-22H,2H2,1H3,(H,23,24). The second-order valence-corrected chi connectivity index (χ2v) is 5.17. The summed E-state index contributed by atoms with van der Waals surface area (Å²) in [5, 5.41) is 20.9. The van der Waals surface area contributed by atoms with E-state index in [2.05, 4.69) is 10.4 Å². The van der Waals surface area contributed by atoms with Crippen molar-refractivity contribution in [1.29, 1.82) is 10.8 Å². The monoisotopic (exact) mass is 359 g/mol. The molecule has 10 heteroatoms. The van der Waals surface area contributed by atoms with Gasteiger partial charge in [-0.25, -0.2) is 8.78 Å². The second-order valence-electron chi connectivity index (χ2n) is 5.17. The number of halogens is 5. The molecule has 3 N–H and O–H groups in total. The molecule has 1 aromatic heterocycles. The lowest BCUT2D eigenvalue weighted by Crippen LogP contribution is -2.38. The molecule has 1 atom stereocenters. The Balaban J connectivity index is 2.35. The van der Waals surface area contributed by atoms with Crippen LogP contribution in [-0.4, -0.2) is 21.8 Å². The van der Waals surface area contributed by atoms with Crippen LogP contribution in [0.2, 0.25) is 0 Å². The predicted molar refractivity (Wildman–Crippen MR) is 80.3 cm³/mol. The van der Waals surface area contributed by atoms with E-state index in [1.807, 2.05) is 0 Å². The van der Waals surface area contributed by atoms with E-state index in [0.717, 1.165) is 18.2 Å². The number of aromatic nitrogens is 2. The molecule has 2 rings (SSSR count). The van der Waals surface area contributed by atoms with Gasteiger partial charge in [-0.2, -0.15) is 17.9 Å². The highest BCUT2D eigenvalue weighted by molar-refractivity contribution is 5.85. The first-order valence-corrected chi connectivity index (χ1v) is 7.15. The van der Waals surface area contributed by atoms with Gasteiger partial charge in [0.25, 0.3) is 0 Å². The summed E-state index contributed by atoms with van der Waals surface area (Å²) in [5.74, 6) is -3.44. The van der Waals surface area contributed by atoms with Crippen LogP contribution < -0.4 is 10.8 Å². The van der Waals surface area contributed by atoms with Crippen LogP contribution in [0.4, 0.5) is 27.8 Å². The van der Waals surface area contributed by atoms with Crippen molar-refractivity contribution < 1.29 is 22.0 Å². The van der Waals surface area contributed by atoms with Gasteiger partial charge in [-0.15, -0.1) is 5.10 Å². The molecule has 134 valence electrons. The molecule has 1 unspecified atom stereocenters. The van der Waals surface area contributed by atoms with E-state index < -0.39 is 35.2 Å². The second kappa shape index (κ2) is 6.99. The van der Waals surface area contributed by atoms with Gasteiger partial charge in [0.2, 0.25) is 5.84 Å². The summed E-state index contributed by atoms with van der Waals surface area (Å²) < 4.78 is 64.8. The highest BCUT2D eigenvalue weighted by Gasteiger charge is 2.37. The summed E-state index contributed by atoms with van der Waals surface area (Å²) in [6, 6.07) is 4.59. The normalized spacial score (nSPS) is 12.7. The zero-order chi connectivity index (χ0) is 18.8. The number of alkyl halides is 3. The van der Waals surface area contributed by atoms with Crippen molar-refractivity contribution in [3.05, 3.63) is 53.0 Å². The van der Waals surface area contributed by atoms with Crippen LogP contribution in [0.3, 0.4) is 0 Å². The molecule has 0 aliphatic carbocycles. The van der Waals surface area contributed by atoms with Gasteiger partial charge >= 0.3 is 6.18 Å². The minimum absolute atomic E-state index is 0.0680. The van der Waals surface area contributed by atoms with E-state index in [1.165, 1.54) is 6.07 Å². The fraction of sp³-hybridized carbons (Fsp3) is 0.267. The zero-order valence-corrected chi connectivity index (χ0v) is 13.0. The predicted octanol–water partition coefficient (Wildman–Crippen LogP) is 3.59. The Labute approximate surface area is 139 Å². The summed E-state index contributed by atoms with van der Waals surface area (Å²) in [6.07, 6.45) is -4.61. The van der Waals surface area contributed by atoms with Crippen LogP contribution in [0, 0.1) is 22.5 Å². The number of nitrogens with zero attached hydrogens (tertiary/aromatic N) is 2. The fourth-order valence-corrected chi connectivity index (χ4v) is 2.17. The molecule has 2 aromatic rings. The van der Waals surface area contributed by atoms with Crippen LogP contribution in [0.5, 0.6) is 0 Å². The number of hydrogen-bond donors (Lipinski definition) is 3. The highest BCUT2D eigenvalue weighted by atomic mass is 19.4. The summed E-state index contributed by atoms with van der Waals surface area (Å²) in [5.41, 5.74) is -0.369. The number of rotatable bonds is 4. The molecule has 0 saturated carbocycles. The van der Waals surface area contributed by atoms with Crippen LogP contribution >= 0.6 is 0 Å². The molecule has 0 amide bonds. The van der Waals surface area contributed by atoms with E-state index in [1.54, 1.807) is 6.92 Å². The van der Waals surface area contributed by atoms with Crippen molar-refractivity contribution in [2.24, 2.45) is 0 Å². The fourth-order valence-electron chi connectivity index (χ4n) is 2.17. The van der Waals surface area contributed by atoms with E-state index in [-0.39, 0.29) is 16.1 Å². The molecule has 0 aliphatic heterocycles. The van der Waals surface area contributed by atoms with Gasteiger partial charge in [0.15, 0.2) is 0 Å². The van der Waals surface area contributed by atoms with Crippen molar-refractivity contribution in [2.45, 2.75) is 25.6 Å². The van der Waals surface area contributed by atoms with Crippen molar-refractivity contribution in [1.82, 2.24) is 9.78 Å². The Morgan fingerprint density at radius 2 is 1.80 bits per heavy atom. The molecule has 0 radical (unpaired) electrons. The highest BCUT2D eigenvalue weighted by Crippen LogP contribution is 2.23. The number of anilines is 1. The SMILES string of the molecule is CCC(Nc1ccc(=N)n(C(=N)C(F)(F)F)n1)c1cc(F)cc(F)c1. The van der Waals surface area contributed by atoms with E-state index in [4.69, 9.17) is 10.8 Å². The molecular formula is C15H14F5N5. The van der Waals surface area contributed by atoms with Crippen LogP contribution in [0.25, 0.3) is 0 Å². The van der Waals surface area contributed by atoms with Crippen LogP contribution in [-0.2, 0) is 0 Å². The topological polar surface area (TPSA) is 77.5 Å². The van der Waals surface area contributed by atoms with Crippen LogP contribution in [0.15, 0.2) is 30.3 Å². The lowest BCUT2D eigenvalue weighted by atomic mass is 10.0. The maximum absolute atomic E-state index is 13.4. The Bertz CT molecular complexity index is 823. The van der Waals surface area contributed by atoms with Gasteiger partial charge < -0.3 is 5.32 Å². The van der Waals surface area contributed by atoms with Gasteiger partial charge in [0.1, 0.15) is 22.9 Å².